The van der Waals surface area contributed by atoms with E-state index in [2.05, 4.69) is 32.1 Å². The van der Waals surface area contributed by atoms with Crippen LogP contribution >= 0.6 is 0 Å². The molecule has 0 fully saturated rings. The molecule has 1 amide bonds. The van der Waals surface area contributed by atoms with Crippen LogP contribution < -0.4 is 11.1 Å². The first kappa shape index (κ1) is 19.8. The number of hydrogen-bond donors (Lipinski definition) is 3. The molecule has 0 saturated heterocycles. The zero-order valence-electron chi connectivity index (χ0n) is 15.7. The number of methoxy groups -OCH3 is 1. The molecule has 0 saturated carbocycles. The monoisotopic (exact) mass is 389 g/mol. The van der Waals surface area contributed by atoms with E-state index in [0.717, 1.165) is 11.1 Å². The quantitative estimate of drug-likeness (QED) is 0.434. The lowest BCUT2D eigenvalue weighted by Gasteiger charge is -2.11. The van der Waals surface area contributed by atoms with Gasteiger partial charge in [-0.15, -0.1) is 0 Å². The van der Waals surface area contributed by atoms with Gasteiger partial charge in [-0.3, -0.25) is 9.78 Å². The van der Waals surface area contributed by atoms with Gasteiger partial charge in [0, 0.05) is 42.7 Å². The van der Waals surface area contributed by atoms with Gasteiger partial charge in [0.2, 0.25) is 5.95 Å². The third-order valence-electron chi connectivity index (χ3n) is 3.88. The maximum Gasteiger partial charge on any atom is 0.271 e. The number of carbonyl (C=O) groups is 1. The van der Waals surface area contributed by atoms with Crippen LogP contribution in [0.4, 0.5) is 5.95 Å². The zero-order chi connectivity index (χ0) is 20.6. The maximum absolute atomic E-state index is 11.7. The number of nitrogens with one attached hydrogen (secondary N) is 1. The lowest BCUT2D eigenvalue weighted by atomic mass is 10.1. The molecule has 8 nitrogen and oxygen atoms in total. The van der Waals surface area contributed by atoms with Gasteiger partial charge in [-0.05, 0) is 24.3 Å². The van der Waals surface area contributed by atoms with E-state index in [9.17, 15) is 9.90 Å². The topological polar surface area (TPSA) is 123 Å². The van der Waals surface area contributed by atoms with E-state index < -0.39 is 5.91 Å². The van der Waals surface area contributed by atoms with Gasteiger partial charge >= 0.3 is 0 Å². The second-order valence-electron chi connectivity index (χ2n) is 5.95. The summed E-state index contributed by atoms with van der Waals surface area (Å²) in [6.45, 7) is 0.859. The van der Waals surface area contributed by atoms with Gasteiger partial charge in [-0.1, -0.05) is 24.0 Å². The van der Waals surface area contributed by atoms with Gasteiger partial charge in [-0.2, -0.15) is 0 Å². The van der Waals surface area contributed by atoms with Crippen molar-refractivity contribution in [2.24, 2.45) is 5.73 Å². The molecule has 0 aliphatic heterocycles. The molecule has 4 N–H and O–H groups in total. The molecule has 0 atom stereocenters. The van der Waals surface area contributed by atoms with Crippen molar-refractivity contribution >= 4 is 11.9 Å². The zero-order valence-corrected chi connectivity index (χ0v) is 15.7. The van der Waals surface area contributed by atoms with Gasteiger partial charge in [0.1, 0.15) is 5.69 Å². The fraction of sp³-hybridized carbons (Fsp3) is 0.143. The molecule has 3 aromatic rings. The highest BCUT2D eigenvalue weighted by Crippen LogP contribution is 2.30. The predicted molar refractivity (Wildman–Crippen MR) is 108 cm³/mol. The molecule has 146 valence electrons. The van der Waals surface area contributed by atoms with Crippen LogP contribution in [0.2, 0.25) is 0 Å². The Labute approximate surface area is 167 Å². The van der Waals surface area contributed by atoms with Crippen LogP contribution in [-0.4, -0.2) is 46.2 Å². The molecule has 0 aliphatic rings. The Morgan fingerprint density at radius 1 is 1.17 bits per heavy atom. The number of nitrogens with zero attached hydrogens (tertiary/aromatic N) is 3. The molecule has 29 heavy (non-hydrogen) atoms. The first-order valence-electron chi connectivity index (χ1n) is 8.74. The number of hydrogen-bond acceptors (Lipinski definition) is 7. The molecule has 3 rings (SSSR count). The summed E-state index contributed by atoms with van der Waals surface area (Å²) >= 11 is 0. The predicted octanol–water partition coefficient (Wildman–Crippen LogP) is 1.80. The SMILES string of the molecule is COCCNc1nc(C(N)=O)c(O)c(-c2ccc(C#Cc3cccnc3)cc2)n1. The Kier molecular flexibility index (Phi) is 6.35. The van der Waals surface area contributed by atoms with Crippen molar-refractivity contribution in [3.63, 3.8) is 0 Å². The van der Waals surface area contributed by atoms with Crippen molar-refractivity contribution in [3.05, 3.63) is 65.6 Å². The third kappa shape index (κ3) is 5.06. The van der Waals surface area contributed by atoms with Crippen molar-refractivity contribution in [2.75, 3.05) is 25.6 Å². The van der Waals surface area contributed by atoms with Gasteiger partial charge in [0.25, 0.3) is 5.91 Å². The summed E-state index contributed by atoms with van der Waals surface area (Å²) in [5, 5.41) is 13.4. The summed E-state index contributed by atoms with van der Waals surface area (Å²) < 4.78 is 4.97. The fourth-order valence-corrected chi connectivity index (χ4v) is 2.46. The molecule has 0 aliphatic carbocycles. The Morgan fingerprint density at radius 2 is 1.93 bits per heavy atom. The second-order valence-corrected chi connectivity index (χ2v) is 5.95. The minimum Gasteiger partial charge on any atom is -0.504 e. The van der Waals surface area contributed by atoms with Gasteiger partial charge < -0.3 is 20.9 Å². The summed E-state index contributed by atoms with van der Waals surface area (Å²) in [6.07, 6.45) is 3.37. The highest BCUT2D eigenvalue weighted by molar-refractivity contribution is 5.96. The summed E-state index contributed by atoms with van der Waals surface area (Å²) in [4.78, 5) is 24.0. The first-order valence-corrected chi connectivity index (χ1v) is 8.74. The molecule has 1 aromatic carbocycles. The lowest BCUT2D eigenvalue weighted by Crippen LogP contribution is -2.17. The molecular formula is C21H19N5O3. The minimum absolute atomic E-state index is 0.170. The van der Waals surface area contributed by atoms with Crippen LogP contribution in [-0.2, 0) is 4.74 Å². The average molecular weight is 389 g/mol. The summed E-state index contributed by atoms with van der Waals surface area (Å²) in [5.74, 6) is 5.02. The van der Waals surface area contributed by atoms with E-state index in [4.69, 9.17) is 10.5 Å². The number of aromatic hydroxyl groups is 1. The summed E-state index contributed by atoms with van der Waals surface area (Å²) in [7, 11) is 1.57. The van der Waals surface area contributed by atoms with Crippen LogP contribution in [0.5, 0.6) is 5.75 Å². The number of anilines is 1. The van der Waals surface area contributed by atoms with Crippen molar-refractivity contribution in [3.8, 4) is 28.8 Å². The molecule has 0 spiro atoms. The molecule has 8 heteroatoms. The Bertz CT molecular complexity index is 1060. The largest absolute Gasteiger partial charge is 0.504 e. The average Bonchev–Trinajstić information content (AvgIpc) is 2.74. The highest BCUT2D eigenvalue weighted by atomic mass is 16.5. The Hall–Kier alpha value is -3.96. The van der Waals surface area contributed by atoms with Crippen molar-refractivity contribution < 1.29 is 14.6 Å². The molecule has 0 bridgehead atoms. The smallest absolute Gasteiger partial charge is 0.271 e. The number of benzene rings is 1. The number of primary amides is 1. The van der Waals surface area contributed by atoms with Crippen LogP contribution in [0.1, 0.15) is 21.6 Å². The lowest BCUT2D eigenvalue weighted by molar-refractivity contribution is 0.0992. The standard InChI is InChI=1S/C21H19N5O3/c1-29-12-11-24-21-25-17(19(27)18(26-21)20(22)28)16-8-6-14(7-9-16)4-5-15-3-2-10-23-13-15/h2-3,6-10,13,27H,11-12H2,1H3,(H2,22,28)(H,24,25,26). The first-order chi connectivity index (χ1) is 14.1. The second kappa shape index (κ2) is 9.30. The van der Waals surface area contributed by atoms with Crippen molar-refractivity contribution in [1.82, 2.24) is 15.0 Å². The van der Waals surface area contributed by atoms with E-state index in [1.54, 1.807) is 43.8 Å². The van der Waals surface area contributed by atoms with Gasteiger partial charge in [0.05, 0.1) is 6.61 Å². The van der Waals surface area contributed by atoms with Crippen LogP contribution in [0.3, 0.4) is 0 Å². The van der Waals surface area contributed by atoms with Gasteiger partial charge in [-0.25, -0.2) is 9.97 Å². The van der Waals surface area contributed by atoms with Crippen LogP contribution in [0.25, 0.3) is 11.3 Å². The van der Waals surface area contributed by atoms with E-state index in [1.165, 1.54) is 0 Å². The molecule has 0 radical (unpaired) electrons. The minimum atomic E-state index is -0.847. The summed E-state index contributed by atoms with van der Waals surface area (Å²) in [6, 6.07) is 10.8. The van der Waals surface area contributed by atoms with E-state index in [-0.39, 0.29) is 23.1 Å². The Balaban J connectivity index is 1.91. The number of carbonyl (C=O) groups excluding carboxylic acids is 1. The number of aromatic nitrogens is 3. The highest BCUT2D eigenvalue weighted by Gasteiger charge is 2.18. The number of ether oxygens (including phenoxy) is 1. The summed E-state index contributed by atoms with van der Waals surface area (Å²) in [5.41, 5.74) is 7.46. The normalized spacial score (nSPS) is 10.1. The molecule has 0 unspecified atom stereocenters. The van der Waals surface area contributed by atoms with E-state index >= 15 is 0 Å². The van der Waals surface area contributed by atoms with Gasteiger partial charge in [0.15, 0.2) is 11.4 Å². The van der Waals surface area contributed by atoms with Crippen LogP contribution in [0, 0.1) is 11.8 Å². The van der Waals surface area contributed by atoms with Crippen molar-refractivity contribution in [1.29, 1.82) is 0 Å². The maximum atomic E-state index is 11.7. The molecule has 2 heterocycles. The Morgan fingerprint density at radius 3 is 2.59 bits per heavy atom. The van der Waals surface area contributed by atoms with Crippen molar-refractivity contribution in [2.45, 2.75) is 0 Å². The molecule has 2 aromatic heterocycles. The van der Waals surface area contributed by atoms with Crippen LogP contribution in [0.15, 0.2) is 48.8 Å². The number of pyridine rings is 1. The van der Waals surface area contributed by atoms with E-state index in [1.807, 2.05) is 12.1 Å². The fourth-order valence-electron chi connectivity index (χ4n) is 2.46. The number of amides is 1. The number of nitrogens with two attached hydrogens (primary N) is 1. The van der Waals surface area contributed by atoms with E-state index in [0.29, 0.717) is 18.7 Å². The third-order valence-corrected chi connectivity index (χ3v) is 3.88. The number of rotatable bonds is 6. The molecular weight excluding hydrogens is 370 g/mol.